The Morgan fingerprint density at radius 2 is 1.69 bits per heavy atom. The number of hydrogen-bond donors (Lipinski definition) is 3. The van der Waals surface area contributed by atoms with Gasteiger partial charge < -0.3 is 20.7 Å². The molecule has 1 heterocycles. The lowest BCUT2D eigenvalue weighted by Crippen LogP contribution is -2.37. The maximum atomic E-state index is 12.1. The van der Waals surface area contributed by atoms with E-state index in [1.807, 2.05) is 74.5 Å². The van der Waals surface area contributed by atoms with Crippen molar-refractivity contribution in [3.63, 3.8) is 0 Å². The van der Waals surface area contributed by atoms with E-state index in [4.69, 9.17) is 4.74 Å². The summed E-state index contributed by atoms with van der Waals surface area (Å²) in [4.78, 5) is 16.6. The summed E-state index contributed by atoms with van der Waals surface area (Å²) >= 11 is 0. The molecule has 6 heteroatoms. The SMILES string of the molecule is CC(C)OCc1ccccc1CNC(=O)NCCNc1ccc2ccccc2n1. The number of ether oxygens (including phenoxy) is 1. The molecule has 2 amide bonds. The van der Waals surface area contributed by atoms with Crippen LogP contribution in [0.4, 0.5) is 10.6 Å². The van der Waals surface area contributed by atoms with Gasteiger partial charge in [-0.1, -0.05) is 42.5 Å². The van der Waals surface area contributed by atoms with E-state index in [0.29, 0.717) is 26.2 Å². The summed E-state index contributed by atoms with van der Waals surface area (Å²) in [7, 11) is 0. The third-order valence-electron chi connectivity index (χ3n) is 4.45. The zero-order valence-corrected chi connectivity index (χ0v) is 16.9. The Bertz CT molecular complexity index is 943. The van der Waals surface area contributed by atoms with Crippen LogP contribution in [0.1, 0.15) is 25.0 Å². The molecule has 3 aromatic rings. The number of urea groups is 1. The van der Waals surface area contributed by atoms with Gasteiger partial charge >= 0.3 is 6.03 Å². The van der Waals surface area contributed by atoms with Gasteiger partial charge in [-0.05, 0) is 43.2 Å². The first-order valence-corrected chi connectivity index (χ1v) is 9.91. The smallest absolute Gasteiger partial charge is 0.315 e. The molecule has 0 aliphatic carbocycles. The van der Waals surface area contributed by atoms with Crippen LogP contribution in [0.15, 0.2) is 60.7 Å². The summed E-state index contributed by atoms with van der Waals surface area (Å²) in [6, 6.07) is 19.7. The van der Waals surface area contributed by atoms with Crippen molar-refractivity contribution < 1.29 is 9.53 Å². The van der Waals surface area contributed by atoms with Gasteiger partial charge in [0.2, 0.25) is 0 Å². The van der Waals surface area contributed by atoms with Crippen LogP contribution in [0.2, 0.25) is 0 Å². The lowest BCUT2D eigenvalue weighted by Gasteiger charge is -2.13. The van der Waals surface area contributed by atoms with Crippen molar-refractivity contribution in [1.29, 1.82) is 0 Å². The van der Waals surface area contributed by atoms with E-state index in [9.17, 15) is 4.79 Å². The lowest BCUT2D eigenvalue weighted by molar-refractivity contribution is 0.0652. The maximum Gasteiger partial charge on any atom is 0.315 e. The summed E-state index contributed by atoms with van der Waals surface area (Å²) < 4.78 is 5.68. The minimum Gasteiger partial charge on any atom is -0.374 e. The summed E-state index contributed by atoms with van der Waals surface area (Å²) in [6.07, 6.45) is 0.170. The van der Waals surface area contributed by atoms with Gasteiger partial charge in [0.05, 0.1) is 18.2 Å². The number of nitrogens with zero attached hydrogens (tertiary/aromatic N) is 1. The highest BCUT2D eigenvalue weighted by Gasteiger charge is 2.06. The molecular formula is C23H28N4O2. The minimum absolute atomic E-state index is 0.170. The summed E-state index contributed by atoms with van der Waals surface area (Å²) in [5, 5.41) is 10.1. The van der Waals surface area contributed by atoms with Gasteiger partial charge in [0, 0.05) is 25.0 Å². The molecule has 0 radical (unpaired) electrons. The Balaban J connectivity index is 1.40. The first-order valence-electron chi connectivity index (χ1n) is 9.91. The number of benzene rings is 2. The molecule has 6 nitrogen and oxygen atoms in total. The topological polar surface area (TPSA) is 75.3 Å². The van der Waals surface area contributed by atoms with E-state index in [0.717, 1.165) is 27.8 Å². The molecule has 152 valence electrons. The van der Waals surface area contributed by atoms with Crippen molar-refractivity contribution in [2.45, 2.75) is 33.1 Å². The highest BCUT2D eigenvalue weighted by atomic mass is 16.5. The second-order valence-corrected chi connectivity index (χ2v) is 7.05. The molecule has 0 saturated carbocycles. The molecule has 2 aromatic carbocycles. The number of hydrogen-bond acceptors (Lipinski definition) is 4. The molecule has 3 N–H and O–H groups in total. The lowest BCUT2D eigenvalue weighted by atomic mass is 10.1. The van der Waals surface area contributed by atoms with E-state index >= 15 is 0 Å². The van der Waals surface area contributed by atoms with Crippen LogP contribution in [0, 0.1) is 0 Å². The van der Waals surface area contributed by atoms with Crippen LogP contribution < -0.4 is 16.0 Å². The van der Waals surface area contributed by atoms with Crippen LogP contribution in [0.3, 0.4) is 0 Å². The first kappa shape index (κ1) is 20.6. The van der Waals surface area contributed by atoms with Gasteiger partial charge in [-0.15, -0.1) is 0 Å². The molecule has 0 bridgehead atoms. The zero-order chi connectivity index (χ0) is 20.5. The number of aromatic nitrogens is 1. The molecule has 0 fully saturated rings. The fourth-order valence-corrected chi connectivity index (χ4v) is 2.90. The van der Waals surface area contributed by atoms with Crippen molar-refractivity contribution in [1.82, 2.24) is 15.6 Å². The van der Waals surface area contributed by atoms with Crippen LogP contribution in [0.5, 0.6) is 0 Å². The van der Waals surface area contributed by atoms with E-state index in [-0.39, 0.29) is 12.1 Å². The summed E-state index contributed by atoms with van der Waals surface area (Å²) in [5.74, 6) is 0.796. The Morgan fingerprint density at radius 3 is 2.52 bits per heavy atom. The molecule has 3 rings (SSSR count). The van der Waals surface area contributed by atoms with Crippen molar-refractivity contribution >= 4 is 22.8 Å². The molecule has 0 saturated heterocycles. The largest absolute Gasteiger partial charge is 0.374 e. The van der Waals surface area contributed by atoms with Crippen molar-refractivity contribution in [2.75, 3.05) is 18.4 Å². The Morgan fingerprint density at radius 1 is 0.931 bits per heavy atom. The van der Waals surface area contributed by atoms with Gasteiger partial charge in [-0.2, -0.15) is 0 Å². The monoisotopic (exact) mass is 392 g/mol. The quantitative estimate of drug-likeness (QED) is 0.480. The van der Waals surface area contributed by atoms with Crippen LogP contribution in [-0.4, -0.2) is 30.2 Å². The maximum absolute atomic E-state index is 12.1. The normalized spacial score (nSPS) is 10.9. The third-order valence-corrected chi connectivity index (χ3v) is 4.45. The average Bonchev–Trinajstić information content (AvgIpc) is 2.74. The molecule has 0 aliphatic rings. The molecule has 0 unspecified atom stereocenters. The van der Waals surface area contributed by atoms with Crippen LogP contribution >= 0.6 is 0 Å². The fraction of sp³-hybridized carbons (Fsp3) is 0.304. The highest BCUT2D eigenvalue weighted by Crippen LogP contribution is 2.14. The van der Waals surface area contributed by atoms with Gasteiger partial charge in [0.1, 0.15) is 5.82 Å². The third kappa shape index (κ3) is 6.47. The molecular weight excluding hydrogens is 364 g/mol. The standard InChI is InChI=1S/C23H28N4O2/c1-17(2)29-16-20-9-4-3-8-19(20)15-26-23(28)25-14-13-24-22-12-11-18-7-5-6-10-21(18)27-22/h3-12,17H,13-16H2,1-2H3,(H,24,27)(H2,25,26,28). The van der Waals surface area contributed by atoms with Gasteiger partial charge in [-0.3, -0.25) is 0 Å². The van der Waals surface area contributed by atoms with E-state index in [1.54, 1.807) is 0 Å². The number of anilines is 1. The molecule has 1 aromatic heterocycles. The number of pyridine rings is 1. The predicted molar refractivity (Wildman–Crippen MR) is 117 cm³/mol. The summed E-state index contributed by atoms with van der Waals surface area (Å²) in [6.45, 7) is 6.12. The predicted octanol–water partition coefficient (Wildman–Crippen LogP) is 4.07. The second kappa shape index (κ2) is 10.4. The number of amides is 2. The highest BCUT2D eigenvalue weighted by molar-refractivity contribution is 5.80. The van der Waals surface area contributed by atoms with Gasteiger partial charge in [0.25, 0.3) is 0 Å². The van der Waals surface area contributed by atoms with Crippen LogP contribution in [0.25, 0.3) is 10.9 Å². The number of carbonyl (C=O) groups excluding carboxylic acids is 1. The van der Waals surface area contributed by atoms with Crippen LogP contribution in [-0.2, 0) is 17.9 Å². The second-order valence-electron chi connectivity index (χ2n) is 7.05. The van der Waals surface area contributed by atoms with Crippen molar-refractivity contribution in [3.05, 3.63) is 71.8 Å². The minimum atomic E-state index is -0.196. The van der Waals surface area contributed by atoms with E-state index in [2.05, 4.69) is 20.9 Å². The number of carbonyl (C=O) groups is 1. The number of fused-ring (bicyclic) bond motifs is 1. The van der Waals surface area contributed by atoms with Gasteiger partial charge in [0.15, 0.2) is 0 Å². The average molecular weight is 393 g/mol. The van der Waals surface area contributed by atoms with E-state index in [1.165, 1.54) is 0 Å². The Labute approximate surface area is 171 Å². The van der Waals surface area contributed by atoms with E-state index < -0.39 is 0 Å². The summed E-state index contributed by atoms with van der Waals surface area (Å²) in [5.41, 5.74) is 3.09. The number of para-hydroxylation sites is 1. The molecule has 0 spiro atoms. The molecule has 29 heavy (non-hydrogen) atoms. The first-order chi connectivity index (χ1) is 14.1. The Kier molecular flexibility index (Phi) is 7.41. The molecule has 0 atom stereocenters. The fourth-order valence-electron chi connectivity index (χ4n) is 2.90. The number of rotatable bonds is 9. The zero-order valence-electron chi connectivity index (χ0n) is 16.9. The number of nitrogens with one attached hydrogen (secondary N) is 3. The Hall–Kier alpha value is -3.12. The van der Waals surface area contributed by atoms with Crippen molar-refractivity contribution in [2.24, 2.45) is 0 Å². The molecule has 0 aliphatic heterocycles. The van der Waals surface area contributed by atoms with Crippen molar-refractivity contribution in [3.8, 4) is 0 Å². The van der Waals surface area contributed by atoms with Gasteiger partial charge in [-0.25, -0.2) is 9.78 Å².